The molecule has 0 spiro atoms. The predicted octanol–water partition coefficient (Wildman–Crippen LogP) is 3.26. The molecular formula is C17H20N2O. The van der Waals surface area contributed by atoms with Crippen molar-refractivity contribution in [2.45, 2.75) is 31.8 Å². The second kappa shape index (κ2) is 6.06. The third-order valence-corrected chi connectivity index (χ3v) is 3.93. The minimum atomic E-state index is 0.460. The zero-order chi connectivity index (χ0) is 13.8. The second-order valence-corrected chi connectivity index (χ2v) is 5.23. The third kappa shape index (κ3) is 2.83. The van der Waals surface area contributed by atoms with E-state index in [2.05, 4.69) is 40.6 Å². The first-order valence-corrected chi connectivity index (χ1v) is 7.17. The lowest BCUT2D eigenvalue weighted by molar-refractivity contribution is 0.397. The lowest BCUT2D eigenvalue weighted by atomic mass is 9.87. The zero-order valence-corrected chi connectivity index (χ0v) is 11.8. The summed E-state index contributed by atoms with van der Waals surface area (Å²) < 4.78 is 5.08. The summed E-state index contributed by atoms with van der Waals surface area (Å²) in [6.45, 7) is 0.843. The van der Waals surface area contributed by atoms with Crippen molar-refractivity contribution in [1.82, 2.24) is 10.3 Å². The van der Waals surface area contributed by atoms with Gasteiger partial charge in [-0.25, -0.2) is 4.98 Å². The summed E-state index contributed by atoms with van der Waals surface area (Å²) in [5.41, 5.74) is 4.14. The molecule has 0 fully saturated rings. The van der Waals surface area contributed by atoms with Gasteiger partial charge in [0.25, 0.3) is 0 Å². The molecule has 3 heteroatoms. The normalized spacial score (nSPS) is 17.6. The molecule has 0 saturated carbocycles. The van der Waals surface area contributed by atoms with Crippen molar-refractivity contribution >= 4 is 0 Å². The van der Waals surface area contributed by atoms with Crippen LogP contribution in [-0.2, 0) is 13.0 Å². The van der Waals surface area contributed by atoms with Gasteiger partial charge in [0, 0.05) is 24.8 Å². The molecule has 1 N–H and O–H groups in total. The van der Waals surface area contributed by atoms with Gasteiger partial charge in [-0.15, -0.1) is 0 Å². The Balaban J connectivity index is 1.66. The lowest BCUT2D eigenvalue weighted by Gasteiger charge is -2.26. The number of pyridine rings is 1. The van der Waals surface area contributed by atoms with E-state index >= 15 is 0 Å². The molecule has 3 nitrogen and oxygen atoms in total. The van der Waals surface area contributed by atoms with E-state index in [0.29, 0.717) is 11.9 Å². The van der Waals surface area contributed by atoms with E-state index in [1.807, 2.05) is 12.3 Å². The molecule has 1 aromatic heterocycles. The molecule has 1 unspecified atom stereocenters. The molecule has 0 radical (unpaired) electrons. The first-order chi connectivity index (χ1) is 9.86. The fourth-order valence-electron chi connectivity index (χ4n) is 2.84. The monoisotopic (exact) mass is 268 g/mol. The number of rotatable bonds is 4. The number of hydrogen-bond acceptors (Lipinski definition) is 3. The van der Waals surface area contributed by atoms with Gasteiger partial charge >= 0.3 is 0 Å². The highest BCUT2D eigenvalue weighted by atomic mass is 16.5. The lowest BCUT2D eigenvalue weighted by Crippen LogP contribution is -2.24. The number of ether oxygens (including phenoxy) is 1. The molecule has 1 aliphatic rings. The highest BCUT2D eigenvalue weighted by Crippen LogP contribution is 2.29. The molecule has 1 aromatic carbocycles. The van der Waals surface area contributed by atoms with Crippen LogP contribution in [0.5, 0.6) is 5.88 Å². The van der Waals surface area contributed by atoms with Crippen LogP contribution in [-0.4, -0.2) is 12.1 Å². The molecule has 2 aromatic rings. The molecule has 104 valence electrons. The molecule has 0 saturated heterocycles. The van der Waals surface area contributed by atoms with Crippen molar-refractivity contribution in [1.29, 1.82) is 0 Å². The van der Waals surface area contributed by atoms with Crippen molar-refractivity contribution in [3.63, 3.8) is 0 Å². The van der Waals surface area contributed by atoms with Gasteiger partial charge in [-0.05, 0) is 36.0 Å². The van der Waals surface area contributed by atoms with Crippen LogP contribution in [0.25, 0.3) is 0 Å². The van der Waals surface area contributed by atoms with E-state index in [1.165, 1.54) is 36.0 Å². The number of hydrogen-bond donors (Lipinski definition) is 1. The molecule has 1 aliphatic carbocycles. The summed E-state index contributed by atoms with van der Waals surface area (Å²) in [4.78, 5) is 4.24. The van der Waals surface area contributed by atoms with E-state index in [9.17, 15) is 0 Å². The number of fused-ring (bicyclic) bond motifs is 1. The fourth-order valence-corrected chi connectivity index (χ4v) is 2.84. The van der Waals surface area contributed by atoms with Crippen molar-refractivity contribution in [2.75, 3.05) is 7.11 Å². The maximum atomic E-state index is 5.08. The van der Waals surface area contributed by atoms with Gasteiger partial charge in [0.1, 0.15) is 0 Å². The Bertz CT molecular complexity index is 565. The Morgan fingerprint density at radius 2 is 2.15 bits per heavy atom. The first-order valence-electron chi connectivity index (χ1n) is 7.17. The molecule has 20 heavy (non-hydrogen) atoms. The summed E-state index contributed by atoms with van der Waals surface area (Å²) in [7, 11) is 1.64. The number of aryl methyl sites for hydroxylation is 1. The SMILES string of the molecule is COc1ccc(CNC2CCCc3ccccc32)cn1. The number of nitrogens with one attached hydrogen (secondary N) is 1. The Hall–Kier alpha value is -1.87. The summed E-state index contributed by atoms with van der Waals surface area (Å²) in [6, 6.07) is 13.2. The molecule has 0 amide bonds. The van der Waals surface area contributed by atoms with Crippen LogP contribution in [0.2, 0.25) is 0 Å². The van der Waals surface area contributed by atoms with E-state index in [1.54, 1.807) is 7.11 Å². The molecule has 1 atom stereocenters. The zero-order valence-electron chi connectivity index (χ0n) is 11.8. The Kier molecular flexibility index (Phi) is 3.97. The number of methoxy groups -OCH3 is 1. The van der Waals surface area contributed by atoms with Crippen molar-refractivity contribution < 1.29 is 4.74 Å². The average molecular weight is 268 g/mol. The van der Waals surface area contributed by atoms with Crippen LogP contribution in [0.15, 0.2) is 42.6 Å². The topological polar surface area (TPSA) is 34.1 Å². The van der Waals surface area contributed by atoms with Gasteiger partial charge < -0.3 is 10.1 Å². The quantitative estimate of drug-likeness (QED) is 0.924. The molecule has 3 rings (SSSR count). The summed E-state index contributed by atoms with van der Waals surface area (Å²) in [5, 5.41) is 3.65. The summed E-state index contributed by atoms with van der Waals surface area (Å²) >= 11 is 0. The second-order valence-electron chi connectivity index (χ2n) is 5.23. The molecule has 1 heterocycles. The smallest absolute Gasteiger partial charge is 0.212 e. The van der Waals surface area contributed by atoms with Crippen LogP contribution in [0.1, 0.15) is 35.6 Å². The van der Waals surface area contributed by atoms with E-state index in [0.717, 1.165) is 6.54 Å². The molecule has 0 bridgehead atoms. The largest absolute Gasteiger partial charge is 0.481 e. The van der Waals surface area contributed by atoms with Crippen molar-refractivity contribution in [3.05, 3.63) is 59.3 Å². The van der Waals surface area contributed by atoms with E-state index < -0.39 is 0 Å². The minimum Gasteiger partial charge on any atom is -0.481 e. The maximum absolute atomic E-state index is 5.08. The van der Waals surface area contributed by atoms with Gasteiger partial charge in [-0.2, -0.15) is 0 Å². The average Bonchev–Trinajstić information content (AvgIpc) is 2.53. The van der Waals surface area contributed by atoms with Crippen LogP contribution in [0.3, 0.4) is 0 Å². The van der Waals surface area contributed by atoms with Crippen molar-refractivity contribution in [3.8, 4) is 5.88 Å². The van der Waals surface area contributed by atoms with Gasteiger partial charge in [0.15, 0.2) is 0 Å². The highest BCUT2D eigenvalue weighted by molar-refractivity contribution is 5.32. The first kappa shape index (κ1) is 13.1. The highest BCUT2D eigenvalue weighted by Gasteiger charge is 2.18. The van der Waals surface area contributed by atoms with Crippen LogP contribution < -0.4 is 10.1 Å². The molecule has 0 aliphatic heterocycles. The van der Waals surface area contributed by atoms with Crippen molar-refractivity contribution in [2.24, 2.45) is 0 Å². The summed E-state index contributed by atoms with van der Waals surface area (Å²) in [5.74, 6) is 0.664. The standard InChI is InChI=1S/C17H20N2O/c1-20-17-10-9-13(12-19-17)11-18-16-8-4-6-14-5-2-3-7-15(14)16/h2-3,5,7,9-10,12,16,18H,4,6,8,11H2,1H3. The van der Waals surface area contributed by atoms with Crippen LogP contribution in [0, 0.1) is 0 Å². The Labute approximate surface area is 120 Å². The minimum absolute atomic E-state index is 0.460. The van der Waals surface area contributed by atoms with Gasteiger partial charge in [-0.3, -0.25) is 0 Å². The Morgan fingerprint density at radius 3 is 2.95 bits per heavy atom. The van der Waals surface area contributed by atoms with E-state index in [-0.39, 0.29) is 0 Å². The number of aromatic nitrogens is 1. The van der Waals surface area contributed by atoms with E-state index in [4.69, 9.17) is 4.74 Å². The maximum Gasteiger partial charge on any atom is 0.212 e. The van der Waals surface area contributed by atoms with Gasteiger partial charge in [0.05, 0.1) is 7.11 Å². The van der Waals surface area contributed by atoms with Gasteiger partial charge in [-0.1, -0.05) is 30.3 Å². The van der Waals surface area contributed by atoms with Gasteiger partial charge in [0.2, 0.25) is 5.88 Å². The van der Waals surface area contributed by atoms with Crippen LogP contribution in [0.4, 0.5) is 0 Å². The fraction of sp³-hybridized carbons (Fsp3) is 0.353. The predicted molar refractivity (Wildman–Crippen MR) is 79.7 cm³/mol. The Morgan fingerprint density at radius 1 is 1.25 bits per heavy atom. The number of benzene rings is 1. The summed E-state index contributed by atoms with van der Waals surface area (Å²) in [6.07, 6.45) is 5.55. The molecular weight excluding hydrogens is 248 g/mol. The number of nitrogens with zero attached hydrogens (tertiary/aromatic N) is 1. The van der Waals surface area contributed by atoms with Crippen LogP contribution >= 0.6 is 0 Å². The third-order valence-electron chi connectivity index (χ3n) is 3.93.